The Balaban J connectivity index is 2.31. The van der Waals surface area contributed by atoms with E-state index in [0.717, 1.165) is 21.9 Å². The molecule has 3 aromatic rings. The molecule has 0 N–H and O–H groups in total. The van der Waals surface area contributed by atoms with Gasteiger partial charge in [-0.1, -0.05) is 48.5 Å². The number of carbonyl (C=O) groups excluding carboxylic acids is 2. The summed E-state index contributed by atoms with van der Waals surface area (Å²) in [7, 11) is 1.32. The van der Waals surface area contributed by atoms with Gasteiger partial charge in [0.25, 0.3) is 0 Å². The molecular weight excluding hydrogens is 304 g/mol. The van der Waals surface area contributed by atoms with Gasteiger partial charge in [0.15, 0.2) is 0 Å². The van der Waals surface area contributed by atoms with E-state index in [1.54, 1.807) is 6.07 Å². The number of esters is 2. The van der Waals surface area contributed by atoms with Crippen LogP contribution >= 0.6 is 0 Å². The van der Waals surface area contributed by atoms with Gasteiger partial charge in [0, 0.05) is 12.3 Å². The molecule has 0 fully saturated rings. The fraction of sp³-hybridized carbons (Fsp3) is 0.100. The second-order valence-corrected chi connectivity index (χ2v) is 5.33. The van der Waals surface area contributed by atoms with Crippen molar-refractivity contribution >= 4 is 22.7 Å². The van der Waals surface area contributed by atoms with Gasteiger partial charge in [-0.3, -0.25) is 4.79 Å². The molecule has 0 spiro atoms. The van der Waals surface area contributed by atoms with Crippen LogP contribution in [0.15, 0.2) is 60.7 Å². The largest absolute Gasteiger partial charge is 0.465 e. The van der Waals surface area contributed by atoms with E-state index in [9.17, 15) is 9.59 Å². The monoisotopic (exact) mass is 320 g/mol. The summed E-state index contributed by atoms with van der Waals surface area (Å²) in [5, 5.41) is 1.59. The summed E-state index contributed by atoms with van der Waals surface area (Å²) in [6.45, 7) is 1.33. The van der Waals surface area contributed by atoms with Crippen LogP contribution < -0.4 is 4.74 Å². The number of benzene rings is 3. The molecule has 24 heavy (non-hydrogen) atoms. The lowest BCUT2D eigenvalue weighted by Crippen LogP contribution is -2.06. The van der Waals surface area contributed by atoms with Crippen molar-refractivity contribution in [3.05, 3.63) is 66.2 Å². The van der Waals surface area contributed by atoms with Crippen LogP contribution in [0.4, 0.5) is 0 Å². The maximum absolute atomic E-state index is 12.0. The van der Waals surface area contributed by atoms with E-state index in [1.807, 2.05) is 48.5 Å². The summed E-state index contributed by atoms with van der Waals surface area (Å²) in [6, 6.07) is 18.8. The maximum atomic E-state index is 12.0. The highest BCUT2D eigenvalue weighted by Gasteiger charge is 2.15. The first-order valence-electron chi connectivity index (χ1n) is 7.49. The van der Waals surface area contributed by atoms with Gasteiger partial charge in [0.05, 0.1) is 12.7 Å². The van der Waals surface area contributed by atoms with Crippen LogP contribution in [0, 0.1) is 0 Å². The highest BCUT2D eigenvalue weighted by Crippen LogP contribution is 2.35. The molecular formula is C20H16O4. The van der Waals surface area contributed by atoms with Crippen molar-refractivity contribution in [3.63, 3.8) is 0 Å². The second-order valence-electron chi connectivity index (χ2n) is 5.33. The van der Waals surface area contributed by atoms with Crippen LogP contribution in [-0.4, -0.2) is 19.0 Å². The topological polar surface area (TPSA) is 52.6 Å². The van der Waals surface area contributed by atoms with Crippen molar-refractivity contribution < 1.29 is 19.1 Å². The van der Waals surface area contributed by atoms with Crippen LogP contribution in [0.1, 0.15) is 17.3 Å². The van der Waals surface area contributed by atoms with Gasteiger partial charge in [-0.15, -0.1) is 0 Å². The lowest BCUT2D eigenvalue weighted by Gasteiger charge is -2.12. The lowest BCUT2D eigenvalue weighted by atomic mass is 9.96. The Kier molecular flexibility index (Phi) is 4.29. The summed E-state index contributed by atoms with van der Waals surface area (Å²) in [5.41, 5.74) is 2.30. The molecule has 0 amide bonds. The van der Waals surface area contributed by atoms with E-state index in [0.29, 0.717) is 11.3 Å². The maximum Gasteiger partial charge on any atom is 0.338 e. The molecule has 0 radical (unpaired) electrons. The predicted molar refractivity (Wildman–Crippen MR) is 92.0 cm³/mol. The minimum Gasteiger partial charge on any atom is -0.465 e. The first-order chi connectivity index (χ1) is 11.6. The summed E-state index contributed by atoms with van der Waals surface area (Å²) < 4.78 is 10.1. The Hall–Kier alpha value is -3.14. The number of rotatable bonds is 3. The van der Waals surface area contributed by atoms with E-state index in [4.69, 9.17) is 9.47 Å². The summed E-state index contributed by atoms with van der Waals surface area (Å²) in [4.78, 5) is 23.4. The third-order valence-electron chi connectivity index (χ3n) is 3.72. The van der Waals surface area contributed by atoms with Crippen molar-refractivity contribution in [2.24, 2.45) is 0 Å². The molecule has 120 valence electrons. The smallest absolute Gasteiger partial charge is 0.338 e. The van der Waals surface area contributed by atoms with Crippen LogP contribution in [-0.2, 0) is 9.53 Å². The third-order valence-corrected chi connectivity index (χ3v) is 3.72. The first kappa shape index (κ1) is 15.7. The van der Waals surface area contributed by atoms with Crippen molar-refractivity contribution in [2.45, 2.75) is 6.92 Å². The zero-order valence-corrected chi connectivity index (χ0v) is 13.4. The number of fused-ring (bicyclic) bond motifs is 1. The van der Waals surface area contributed by atoms with Gasteiger partial charge < -0.3 is 9.47 Å². The first-order valence-corrected chi connectivity index (χ1v) is 7.49. The van der Waals surface area contributed by atoms with Crippen LogP contribution in [0.3, 0.4) is 0 Å². The third kappa shape index (κ3) is 2.99. The van der Waals surface area contributed by atoms with Gasteiger partial charge in [0.1, 0.15) is 5.75 Å². The van der Waals surface area contributed by atoms with E-state index >= 15 is 0 Å². The quantitative estimate of drug-likeness (QED) is 0.535. The molecule has 0 saturated carbocycles. The normalized spacial score (nSPS) is 10.4. The zero-order chi connectivity index (χ0) is 17.1. The Labute approximate surface area is 139 Å². The van der Waals surface area contributed by atoms with E-state index in [1.165, 1.54) is 20.1 Å². The Morgan fingerprint density at radius 3 is 2.29 bits per heavy atom. The van der Waals surface area contributed by atoms with Crippen molar-refractivity contribution in [1.29, 1.82) is 0 Å². The fourth-order valence-corrected chi connectivity index (χ4v) is 2.70. The second kappa shape index (κ2) is 6.54. The molecule has 0 aliphatic carbocycles. The molecule has 0 aromatic heterocycles. The number of hydrogen-bond donors (Lipinski definition) is 0. The van der Waals surface area contributed by atoms with Crippen LogP contribution in [0.25, 0.3) is 21.9 Å². The average molecular weight is 320 g/mol. The SMILES string of the molecule is COC(=O)c1cc(OC(C)=O)c2cccc(-c3ccccc3)c2c1. The Morgan fingerprint density at radius 2 is 1.62 bits per heavy atom. The predicted octanol–water partition coefficient (Wildman–Crippen LogP) is 4.22. The molecule has 0 heterocycles. The van der Waals surface area contributed by atoms with Crippen LogP contribution in [0.2, 0.25) is 0 Å². The summed E-state index contributed by atoms with van der Waals surface area (Å²) in [5.74, 6) is -0.574. The van der Waals surface area contributed by atoms with Crippen LogP contribution in [0.5, 0.6) is 5.75 Å². The molecule has 0 bridgehead atoms. The number of ether oxygens (including phenoxy) is 2. The lowest BCUT2D eigenvalue weighted by molar-refractivity contribution is -0.131. The minimum absolute atomic E-state index is 0.338. The fourth-order valence-electron chi connectivity index (χ4n) is 2.70. The molecule has 4 nitrogen and oxygen atoms in total. The average Bonchev–Trinajstić information content (AvgIpc) is 2.60. The number of methoxy groups -OCH3 is 1. The zero-order valence-electron chi connectivity index (χ0n) is 13.4. The van der Waals surface area contributed by atoms with Gasteiger partial charge in [-0.2, -0.15) is 0 Å². The van der Waals surface area contributed by atoms with Gasteiger partial charge in [0.2, 0.25) is 0 Å². The molecule has 3 aromatic carbocycles. The van der Waals surface area contributed by atoms with E-state index in [2.05, 4.69) is 0 Å². The molecule has 0 aliphatic heterocycles. The van der Waals surface area contributed by atoms with Gasteiger partial charge in [-0.25, -0.2) is 4.79 Å². The van der Waals surface area contributed by atoms with Crippen molar-refractivity contribution in [3.8, 4) is 16.9 Å². The Bertz CT molecular complexity index is 914. The highest BCUT2D eigenvalue weighted by molar-refractivity contribution is 6.05. The van der Waals surface area contributed by atoms with Crippen molar-refractivity contribution in [2.75, 3.05) is 7.11 Å². The van der Waals surface area contributed by atoms with Gasteiger partial charge >= 0.3 is 11.9 Å². The molecule has 0 aliphatic rings. The molecule has 3 rings (SSSR count). The number of hydrogen-bond acceptors (Lipinski definition) is 4. The Morgan fingerprint density at radius 1 is 0.875 bits per heavy atom. The molecule has 0 saturated heterocycles. The highest BCUT2D eigenvalue weighted by atomic mass is 16.5. The summed E-state index contributed by atoms with van der Waals surface area (Å²) in [6.07, 6.45) is 0. The molecule has 4 heteroatoms. The standard InChI is InChI=1S/C20H16O4/c1-13(21)24-19-12-15(20(22)23-2)11-18-16(9-6-10-17(18)19)14-7-4-3-5-8-14/h3-12H,1-2H3. The van der Waals surface area contributed by atoms with Crippen molar-refractivity contribution in [1.82, 2.24) is 0 Å². The van der Waals surface area contributed by atoms with E-state index < -0.39 is 11.9 Å². The number of carbonyl (C=O) groups is 2. The van der Waals surface area contributed by atoms with Gasteiger partial charge in [-0.05, 0) is 28.6 Å². The minimum atomic E-state index is -0.479. The van der Waals surface area contributed by atoms with E-state index in [-0.39, 0.29) is 0 Å². The molecule has 0 unspecified atom stereocenters. The molecule has 0 atom stereocenters. The summed E-state index contributed by atoms with van der Waals surface area (Å²) >= 11 is 0.